The van der Waals surface area contributed by atoms with Crippen molar-refractivity contribution < 1.29 is 19.4 Å². The van der Waals surface area contributed by atoms with Gasteiger partial charge in [0.25, 0.3) is 0 Å². The molecule has 0 aromatic heterocycles. The van der Waals surface area contributed by atoms with E-state index in [1.807, 2.05) is 0 Å². The molecule has 0 radical (unpaired) electrons. The summed E-state index contributed by atoms with van der Waals surface area (Å²) in [6.07, 6.45) is -0.535. The van der Waals surface area contributed by atoms with E-state index in [0.717, 1.165) is 5.56 Å². The number of carbonyl (C=O) groups excluding carboxylic acids is 1. The molecule has 21 heavy (non-hydrogen) atoms. The first kappa shape index (κ1) is 17.3. The molecule has 1 atom stereocenters. The van der Waals surface area contributed by atoms with Crippen LogP contribution in [0, 0.1) is 0 Å². The van der Waals surface area contributed by atoms with Crippen LogP contribution in [0.4, 0.5) is 10.5 Å². The third-order valence-electron chi connectivity index (χ3n) is 2.82. The molecular formula is C15H24N2O4. The van der Waals surface area contributed by atoms with Crippen LogP contribution in [0.25, 0.3) is 0 Å². The van der Waals surface area contributed by atoms with Crippen LogP contribution in [0.5, 0.6) is 5.75 Å². The summed E-state index contributed by atoms with van der Waals surface area (Å²) in [5, 5.41) is 12.0. The van der Waals surface area contributed by atoms with E-state index in [1.54, 1.807) is 46.1 Å². The largest absolute Gasteiger partial charge is 0.496 e. The van der Waals surface area contributed by atoms with Crippen molar-refractivity contribution in [1.29, 1.82) is 0 Å². The van der Waals surface area contributed by atoms with Gasteiger partial charge in [-0.15, -0.1) is 0 Å². The average Bonchev–Trinajstić information content (AvgIpc) is 2.38. The number of benzene rings is 1. The molecule has 0 heterocycles. The predicted octanol–water partition coefficient (Wildman–Crippen LogP) is 2.08. The van der Waals surface area contributed by atoms with E-state index >= 15 is 0 Å². The van der Waals surface area contributed by atoms with Gasteiger partial charge in [-0.1, -0.05) is 0 Å². The first-order valence-electron chi connectivity index (χ1n) is 6.79. The molecule has 0 aliphatic rings. The van der Waals surface area contributed by atoms with Gasteiger partial charge in [0.15, 0.2) is 0 Å². The fourth-order valence-electron chi connectivity index (χ4n) is 1.85. The SMILES string of the molecule is COc1ccc(NC(=O)OC(C)(C)C)cc1C(CN)CO. The number of hydrogen-bond donors (Lipinski definition) is 3. The maximum absolute atomic E-state index is 11.8. The molecule has 0 bridgehead atoms. The number of ether oxygens (including phenoxy) is 2. The Balaban J connectivity index is 2.95. The van der Waals surface area contributed by atoms with Crippen molar-refractivity contribution in [2.24, 2.45) is 5.73 Å². The Labute approximate surface area is 125 Å². The number of anilines is 1. The van der Waals surface area contributed by atoms with Crippen molar-refractivity contribution in [3.63, 3.8) is 0 Å². The molecule has 1 amide bonds. The van der Waals surface area contributed by atoms with Crippen molar-refractivity contribution in [3.05, 3.63) is 23.8 Å². The summed E-state index contributed by atoms with van der Waals surface area (Å²) in [5.74, 6) is 0.370. The lowest BCUT2D eigenvalue weighted by molar-refractivity contribution is 0.0636. The molecule has 0 aliphatic carbocycles. The van der Waals surface area contributed by atoms with Crippen molar-refractivity contribution in [2.75, 3.05) is 25.6 Å². The Morgan fingerprint density at radius 1 is 1.43 bits per heavy atom. The lowest BCUT2D eigenvalue weighted by atomic mass is 9.98. The van der Waals surface area contributed by atoms with E-state index in [0.29, 0.717) is 11.4 Å². The van der Waals surface area contributed by atoms with Crippen LogP contribution in [-0.2, 0) is 4.74 Å². The molecule has 0 fully saturated rings. The number of nitrogens with one attached hydrogen (secondary N) is 1. The van der Waals surface area contributed by atoms with Gasteiger partial charge in [0.05, 0.1) is 13.7 Å². The Hall–Kier alpha value is -1.79. The van der Waals surface area contributed by atoms with Crippen LogP contribution in [0.15, 0.2) is 18.2 Å². The van der Waals surface area contributed by atoms with E-state index in [2.05, 4.69) is 5.32 Å². The van der Waals surface area contributed by atoms with Crippen molar-refractivity contribution in [2.45, 2.75) is 32.3 Å². The number of carbonyl (C=O) groups is 1. The van der Waals surface area contributed by atoms with Gasteiger partial charge in [-0.05, 0) is 39.0 Å². The molecule has 1 rings (SSSR count). The van der Waals surface area contributed by atoms with Crippen LogP contribution in [-0.4, -0.2) is 37.1 Å². The maximum Gasteiger partial charge on any atom is 0.412 e. The zero-order chi connectivity index (χ0) is 16.0. The summed E-state index contributed by atoms with van der Waals surface area (Å²) in [7, 11) is 1.55. The molecule has 6 heteroatoms. The van der Waals surface area contributed by atoms with Gasteiger partial charge in [0.1, 0.15) is 11.4 Å². The molecule has 118 valence electrons. The van der Waals surface area contributed by atoms with Crippen molar-refractivity contribution in [1.82, 2.24) is 0 Å². The second kappa shape index (κ2) is 7.28. The van der Waals surface area contributed by atoms with E-state index in [1.165, 1.54) is 0 Å². The molecule has 1 unspecified atom stereocenters. The molecule has 1 aromatic carbocycles. The molecule has 0 saturated carbocycles. The highest BCUT2D eigenvalue weighted by Gasteiger charge is 2.18. The minimum atomic E-state index is -0.565. The topological polar surface area (TPSA) is 93.8 Å². The third kappa shape index (κ3) is 5.24. The van der Waals surface area contributed by atoms with Crippen LogP contribution >= 0.6 is 0 Å². The summed E-state index contributed by atoms with van der Waals surface area (Å²) in [4.78, 5) is 11.8. The van der Waals surface area contributed by atoms with Gasteiger partial charge < -0.3 is 20.3 Å². The molecule has 0 aliphatic heterocycles. The highest BCUT2D eigenvalue weighted by Crippen LogP contribution is 2.29. The van der Waals surface area contributed by atoms with Crippen molar-refractivity contribution in [3.8, 4) is 5.75 Å². The van der Waals surface area contributed by atoms with Crippen LogP contribution < -0.4 is 15.8 Å². The number of amides is 1. The second-order valence-electron chi connectivity index (χ2n) is 5.70. The van der Waals surface area contributed by atoms with E-state index in [4.69, 9.17) is 15.2 Å². The average molecular weight is 296 g/mol. The molecule has 0 saturated heterocycles. The fourth-order valence-corrected chi connectivity index (χ4v) is 1.85. The summed E-state index contributed by atoms with van der Waals surface area (Å²) in [6, 6.07) is 5.16. The first-order chi connectivity index (χ1) is 9.80. The van der Waals surface area contributed by atoms with Gasteiger partial charge in [0.2, 0.25) is 0 Å². The fraction of sp³-hybridized carbons (Fsp3) is 0.533. The lowest BCUT2D eigenvalue weighted by Crippen LogP contribution is -2.27. The zero-order valence-electron chi connectivity index (χ0n) is 13.0. The number of methoxy groups -OCH3 is 1. The number of aliphatic hydroxyl groups excluding tert-OH is 1. The Bertz CT molecular complexity index is 479. The monoisotopic (exact) mass is 296 g/mol. The van der Waals surface area contributed by atoms with Gasteiger partial charge in [-0.25, -0.2) is 4.79 Å². The van der Waals surface area contributed by atoms with Gasteiger partial charge in [0, 0.05) is 23.7 Å². The van der Waals surface area contributed by atoms with Crippen LogP contribution in [0.1, 0.15) is 32.3 Å². The summed E-state index contributed by atoms with van der Waals surface area (Å²) >= 11 is 0. The number of nitrogens with two attached hydrogens (primary N) is 1. The van der Waals surface area contributed by atoms with Gasteiger partial charge >= 0.3 is 6.09 Å². The Morgan fingerprint density at radius 3 is 2.57 bits per heavy atom. The first-order valence-corrected chi connectivity index (χ1v) is 6.79. The number of hydrogen-bond acceptors (Lipinski definition) is 5. The quantitative estimate of drug-likeness (QED) is 0.773. The van der Waals surface area contributed by atoms with Crippen LogP contribution in [0.3, 0.4) is 0 Å². The molecule has 0 spiro atoms. The van der Waals surface area contributed by atoms with Gasteiger partial charge in [-0.2, -0.15) is 0 Å². The molecule has 6 nitrogen and oxygen atoms in total. The van der Waals surface area contributed by atoms with E-state index in [9.17, 15) is 9.90 Å². The highest BCUT2D eigenvalue weighted by atomic mass is 16.6. The number of rotatable bonds is 5. The van der Waals surface area contributed by atoms with E-state index in [-0.39, 0.29) is 19.1 Å². The van der Waals surface area contributed by atoms with Crippen LogP contribution in [0.2, 0.25) is 0 Å². The van der Waals surface area contributed by atoms with Gasteiger partial charge in [-0.3, -0.25) is 5.32 Å². The molecule has 4 N–H and O–H groups in total. The normalized spacial score (nSPS) is 12.7. The molecule has 1 aromatic rings. The molecular weight excluding hydrogens is 272 g/mol. The van der Waals surface area contributed by atoms with Crippen molar-refractivity contribution >= 4 is 11.8 Å². The lowest BCUT2D eigenvalue weighted by Gasteiger charge is -2.21. The summed E-state index contributed by atoms with van der Waals surface area (Å²) < 4.78 is 10.5. The highest BCUT2D eigenvalue weighted by molar-refractivity contribution is 5.85. The number of aliphatic hydroxyl groups is 1. The smallest absolute Gasteiger partial charge is 0.412 e. The standard InChI is InChI=1S/C15H24N2O4/c1-15(2,3)21-14(19)17-11-5-6-13(20-4)12(7-11)10(8-16)9-18/h5-7,10,18H,8-9,16H2,1-4H3,(H,17,19). The zero-order valence-corrected chi connectivity index (χ0v) is 13.0. The Kier molecular flexibility index (Phi) is 5.99. The summed E-state index contributed by atoms with van der Waals surface area (Å²) in [6.45, 7) is 5.57. The minimum Gasteiger partial charge on any atom is -0.496 e. The predicted molar refractivity (Wildman–Crippen MR) is 81.7 cm³/mol. The maximum atomic E-state index is 11.8. The second-order valence-corrected chi connectivity index (χ2v) is 5.70. The Morgan fingerprint density at radius 2 is 2.10 bits per heavy atom. The van der Waals surface area contributed by atoms with E-state index < -0.39 is 11.7 Å². The minimum absolute atomic E-state index is 0.0945. The third-order valence-corrected chi connectivity index (χ3v) is 2.82. The summed E-state index contributed by atoms with van der Waals surface area (Å²) in [5.41, 5.74) is 6.39.